The summed E-state index contributed by atoms with van der Waals surface area (Å²) >= 11 is 0. The van der Waals surface area contributed by atoms with E-state index < -0.39 is 0 Å². The van der Waals surface area contributed by atoms with Gasteiger partial charge in [-0.25, -0.2) is 0 Å². The first-order chi connectivity index (χ1) is 5.63. The van der Waals surface area contributed by atoms with E-state index in [1.165, 1.54) is 0 Å². The molecule has 0 radical (unpaired) electrons. The van der Waals surface area contributed by atoms with Crippen LogP contribution in [0.2, 0.25) is 0 Å². The second-order valence-electron chi connectivity index (χ2n) is 5.28. The van der Waals surface area contributed by atoms with Crippen LogP contribution in [0.3, 0.4) is 0 Å². The number of amides is 1. The fourth-order valence-electron chi connectivity index (χ4n) is 1.02. The van der Waals surface area contributed by atoms with Gasteiger partial charge < -0.3 is 4.90 Å². The second kappa shape index (κ2) is 3.69. The summed E-state index contributed by atoms with van der Waals surface area (Å²) < 4.78 is 0. The average molecular weight is 185 g/mol. The summed E-state index contributed by atoms with van der Waals surface area (Å²) in [6, 6.07) is 0. The Hall–Kier alpha value is -0.530. The van der Waals surface area contributed by atoms with E-state index >= 15 is 0 Å². The topological polar surface area (TPSA) is 20.3 Å². The van der Waals surface area contributed by atoms with Crippen molar-refractivity contribution in [2.24, 2.45) is 5.41 Å². The SMILES string of the molecule is CCC(C)(C)N(C)C(=O)C(C)(C)C. The van der Waals surface area contributed by atoms with E-state index in [1.807, 2.05) is 32.7 Å². The zero-order chi connectivity index (χ0) is 10.9. The number of carbonyl (C=O) groups is 1. The molecule has 0 spiro atoms. The molecule has 13 heavy (non-hydrogen) atoms. The number of nitrogens with zero attached hydrogens (tertiary/aromatic N) is 1. The number of hydrogen-bond acceptors (Lipinski definition) is 1. The van der Waals surface area contributed by atoms with Gasteiger partial charge in [-0.2, -0.15) is 0 Å². The van der Waals surface area contributed by atoms with Crippen molar-refractivity contribution < 1.29 is 4.79 Å². The zero-order valence-corrected chi connectivity index (χ0v) is 10.1. The Bertz CT molecular complexity index is 189. The van der Waals surface area contributed by atoms with Crippen LogP contribution >= 0.6 is 0 Å². The van der Waals surface area contributed by atoms with Gasteiger partial charge in [-0.15, -0.1) is 0 Å². The molecule has 0 aromatic carbocycles. The van der Waals surface area contributed by atoms with Crippen LogP contribution in [0.4, 0.5) is 0 Å². The molecule has 78 valence electrons. The lowest BCUT2D eigenvalue weighted by molar-refractivity contribution is -0.143. The van der Waals surface area contributed by atoms with Crippen LogP contribution in [-0.4, -0.2) is 23.4 Å². The van der Waals surface area contributed by atoms with Crippen LogP contribution < -0.4 is 0 Å². The number of carbonyl (C=O) groups excluding carboxylic acids is 1. The predicted octanol–water partition coefficient (Wildman–Crippen LogP) is 2.68. The van der Waals surface area contributed by atoms with E-state index in [1.54, 1.807) is 0 Å². The molecule has 0 aromatic rings. The Morgan fingerprint density at radius 1 is 1.15 bits per heavy atom. The van der Waals surface area contributed by atoms with E-state index in [2.05, 4.69) is 20.8 Å². The normalized spacial score (nSPS) is 12.8. The molecule has 0 rings (SSSR count). The highest BCUT2D eigenvalue weighted by Gasteiger charge is 2.32. The molecular formula is C11H23NO. The van der Waals surface area contributed by atoms with Crippen LogP contribution in [0.15, 0.2) is 0 Å². The van der Waals surface area contributed by atoms with Crippen molar-refractivity contribution in [3.05, 3.63) is 0 Å². The van der Waals surface area contributed by atoms with Crippen molar-refractivity contribution in [2.75, 3.05) is 7.05 Å². The minimum Gasteiger partial charge on any atom is -0.340 e. The van der Waals surface area contributed by atoms with Crippen molar-refractivity contribution in [2.45, 2.75) is 53.5 Å². The molecule has 0 bridgehead atoms. The minimum atomic E-state index is -0.277. The molecule has 0 heterocycles. The van der Waals surface area contributed by atoms with Gasteiger partial charge in [0, 0.05) is 18.0 Å². The third-order valence-corrected chi connectivity index (χ3v) is 2.72. The van der Waals surface area contributed by atoms with Gasteiger partial charge in [0.2, 0.25) is 5.91 Å². The van der Waals surface area contributed by atoms with E-state index in [-0.39, 0.29) is 16.9 Å². The quantitative estimate of drug-likeness (QED) is 0.647. The molecule has 0 aromatic heterocycles. The van der Waals surface area contributed by atoms with Gasteiger partial charge in [-0.05, 0) is 20.3 Å². The molecule has 0 aliphatic carbocycles. The molecule has 0 saturated carbocycles. The fraction of sp³-hybridized carbons (Fsp3) is 0.909. The summed E-state index contributed by atoms with van der Waals surface area (Å²) in [5.41, 5.74) is -0.314. The van der Waals surface area contributed by atoms with Crippen LogP contribution in [-0.2, 0) is 4.79 Å². The van der Waals surface area contributed by atoms with Gasteiger partial charge in [0.15, 0.2) is 0 Å². The summed E-state index contributed by atoms with van der Waals surface area (Å²) in [5.74, 6) is 0.208. The standard InChI is InChI=1S/C11H23NO/c1-8-11(5,6)12(7)9(13)10(2,3)4/h8H2,1-7H3. The van der Waals surface area contributed by atoms with E-state index in [9.17, 15) is 4.79 Å². The van der Waals surface area contributed by atoms with Crippen LogP contribution in [0.25, 0.3) is 0 Å². The summed E-state index contributed by atoms with van der Waals surface area (Å²) in [6.45, 7) is 12.2. The molecular weight excluding hydrogens is 162 g/mol. The van der Waals surface area contributed by atoms with Crippen LogP contribution in [0, 0.1) is 5.41 Å². The van der Waals surface area contributed by atoms with Gasteiger partial charge >= 0.3 is 0 Å². The minimum absolute atomic E-state index is 0.0373. The second-order valence-corrected chi connectivity index (χ2v) is 5.28. The van der Waals surface area contributed by atoms with Crippen molar-refractivity contribution in [1.82, 2.24) is 4.90 Å². The van der Waals surface area contributed by atoms with Gasteiger partial charge in [-0.1, -0.05) is 27.7 Å². The van der Waals surface area contributed by atoms with Crippen molar-refractivity contribution in [1.29, 1.82) is 0 Å². The van der Waals surface area contributed by atoms with Gasteiger partial charge in [-0.3, -0.25) is 4.79 Å². The van der Waals surface area contributed by atoms with Crippen molar-refractivity contribution in [3.8, 4) is 0 Å². The monoisotopic (exact) mass is 185 g/mol. The van der Waals surface area contributed by atoms with E-state index in [0.29, 0.717) is 0 Å². The van der Waals surface area contributed by atoms with Crippen LogP contribution in [0.1, 0.15) is 48.0 Å². The Labute approximate surface area is 82.3 Å². The Balaban J connectivity index is 4.62. The van der Waals surface area contributed by atoms with E-state index in [4.69, 9.17) is 0 Å². The molecule has 0 aliphatic heterocycles. The molecule has 0 aliphatic rings. The Morgan fingerprint density at radius 2 is 1.54 bits per heavy atom. The molecule has 0 saturated heterocycles. The molecule has 1 amide bonds. The lowest BCUT2D eigenvalue weighted by atomic mass is 9.91. The van der Waals surface area contributed by atoms with Crippen molar-refractivity contribution >= 4 is 5.91 Å². The summed E-state index contributed by atoms with van der Waals surface area (Å²) in [7, 11) is 1.89. The van der Waals surface area contributed by atoms with Crippen molar-refractivity contribution in [3.63, 3.8) is 0 Å². The third kappa shape index (κ3) is 3.02. The highest BCUT2D eigenvalue weighted by molar-refractivity contribution is 5.81. The average Bonchev–Trinajstić information content (AvgIpc) is 2.00. The number of hydrogen-bond donors (Lipinski definition) is 0. The number of rotatable bonds is 2. The predicted molar refractivity (Wildman–Crippen MR) is 56.6 cm³/mol. The Kier molecular flexibility index (Phi) is 3.54. The van der Waals surface area contributed by atoms with Gasteiger partial charge in [0.05, 0.1) is 0 Å². The molecule has 0 fully saturated rings. The zero-order valence-electron chi connectivity index (χ0n) is 10.1. The summed E-state index contributed by atoms with van der Waals surface area (Å²) in [4.78, 5) is 13.8. The molecule has 0 atom stereocenters. The van der Waals surface area contributed by atoms with Gasteiger partial charge in [0.1, 0.15) is 0 Å². The first-order valence-electron chi connectivity index (χ1n) is 4.91. The van der Waals surface area contributed by atoms with Crippen LogP contribution in [0.5, 0.6) is 0 Å². The lowest BCUT2D eigenvalue weighted by Crippen LogP contribution is -2.48. The highest BCUT2D eigenvalue weighted by atomic mass is 16.2. The largest absolute Gasteiger partial charge is 0.340 e. The summed E-state index contributed by atoms with van der Waals surface area (Å²) in [5, 5.41) is 0. The summed E-state index contributed by atoms with van der Waals surface area (Å²) in [6.07, 6.45) is 0.978. The maximum absolute atomic E-state index is 11.9. The van der Waals surface area contributed by atoms with Gasteiger partial charge in [0.25, 0.3) is 0 Å². The first kappa shape index (κ1) is 12.5. The first-order valence-corrected chi connectivity index (χ1v) is 4.91. The van der Waals surface area contributed by atoms with E-state index in [0.717, 1.165) is 6.42 Å². The fourth-order valence-corrected chi connectivity index (χ4v) is 1.02. The lowest BCUT2D eigenvalue weighted by Gasteiger charge is -2.38. The highest BCUT2D eigenvalue weighted by Crippen LogP contribution is 2.24. The Morgan fingerprint density at radius 3 is 1.77 bits per heavy atom. The maximum atomic E-state index is 11.9. The molecule has 2 nitrogen and oxygen atoms in total. The third-order valence-electron chi connectivity index (χ3n) is 2.72. The molecule has 2 heteroatoms. The maximum Gasteiger partial charge on any atom is 0.228 e. The molecule has 0 unspecified atom stereocenters. The smallest absolute Gasteiger partial charge is 0.228 e. The molecule has 0 N–H and O–H groups in total.